The molecule has 1 aromatic rings. The summed E-state index contributed by atoms with van der Waals surface area (Å²) in [7, 11) is 0. The Labute approximate surface area is 131 Å². The van der Waals surface area contributed by atoms with Crippen molar-refractivity contribution in [3.8, 4) is 0 Å². The summed E-state index contributed by atoms with van der Waals surface area (Å²) in [4.78, 5) is 28.1. The summed E-state index contributed by atoms with van der Waals surface area (Å²) in [5.41, 5.74) is 2.46. The average Bonchev–Trinajstić information content (AvgIpc) is 2.99. The predicted octanol–water partition coefficient (Wildman–Crippen LogP) is 1.09. The molecule has 0 unspecified atom stereocenters. The second-order valence-electron chi connectivity index (χ2n) is 6.09. The van der Waals surface area contributed by atoms with Gasteiger partial charge in [-0.1, -0.05) is 24.3 Å². The minimum absolute atomic E-state index is 0.0197. The van der Waals surface area contributed by atoms with Crippen LogP contribution < -0.4 is 5.32 Å². The van der Waals surface area contributed by atoms with Crippen molar-refractivity contribution >= 4 is 11.8 Å². The van der Waals surface area contributed by atoms with Crippen LogP contribution in [0.3, 0.4) is 0 Å². The summed E-state index contributed by atoms with van der Waals surface area (Å²) in [5, 5.41) is 3.03. The largest absolute Gasteiger partial charge is 0.334 e. The zero-order valence-corrected chi connectivity index (χ0v) is 13.0. The first-order chi connectivity index (χ1) is 10.7. The zero-order chi connectivity index (χ0) is 15.5. The molecule has 5 nitrogen and oxygen atoms in total. The predicted molar refractivity (Wildman–Crippen MR) is 84.3 cm³/mol. The van der Waals surface area contributed by atoms with Crippen molar-refractivity contribution in [1.29, 1.82) is 0 Å². The van der Waals surface area contributed by atoms with Gasteiger partial charge in [-0.15, -0.1) is 0 Å². The van der Waals surface area contributed by atoms with Crippen LogP contribution in [0.1, 0.15) is 30.0 Å². The summed E-state index contributed by atoms with van der Waals surface area (Å²) >= 11 is 0. The quantitative estimate of drug-likeness (QED) is 0.909. The number of nitrogens with one attached hydrogen (secondary N) is 1. The van der Waals surface area contributed by atoms with Gasteiger partial charge in [0.2, 0.25) is 11.8 Å². The Hall–Kier alpha value is -1.88. The Balaban J connectivity index is 1.71. The van der Waals surface area contributed by atoms with E-state index in [0.29, 0.717) is 13.1 Å². The molecule has 22 heavy (non-hydrogen) atoms. The van der Waals surface area contributed by atoms with Gasteiger partial charge < -0.3 is 15.1 Å². The Morgan fingerprint density at radius 2 is 2.14 bits per heavy atom. The van der Waals surface area contributed by atoms with Gasteiger partial charge >= 0.3 is 0 Å². The van der Waals surface area contributed by atoms with Gasteiger partial charge in [-0.05, 0) is 30.9 Å². The molecule has 2 saturated heterocycles. The molecule has 0 aliphatic carbocycles. The molecule has 2 amide bonds. The van der Waals surface area contributed by atoms with E-state index in [-0.39, 0.29) is 24.4 Å². The Morgan fingerprint density at radius 3 is 2.91 bits per heavy atom. The summed E-state index contributed by atoms with van der Waals surface area (Å²) in [6.45, 7) is 4.82. The second kappa shape index (κ2) is 6.48. The fraction of sp³-hybridized carbons (Fsp3) is 0.529. The highest BCUT2D eigenvalue weighted by atomic mass is 16.2. The van der Waals surface area contributed by atoms with E-state index in [0.717, 1.165) is 25.9 Å². The van der Waals surface area contributed by atoms with E-state index in [1.165, 1.54) is 11.1 Å². The molecule has 0 bridgehead atoms. The molecule has 1 N–H and O–H groups in total. The van der Waals surface area contributed by atoms with Crippen molar-refractivity contribution in [1.82, 2.24) is 15.1 Å². The van der Waals surface area contributed by atoms with E-state index >= 15 is 0 Å². The zero-order valence-electron chi connectivity index (χ0n) is 13.0. The van der Waals surface area contributed by atoms with Crippen LogP contribution in [0, 0.1) is 6.92 Å². The molecule has 2 aliphatic rings. The van der Waals surface area contributed by atoms with Crippen molar-refractivity contribution in [2.24, 2.45) is 0 Å². The maximum Gasteiger partial charge on any atom is 0.242 e. The van der Waals surface area contributed by atoms with Gasteiger partial charge in [0.1, 0.15) is 0 Å². The molecule has 0 radical (unpaired) electrons. The maximum atomic E-state index is 12.7. The van der Waals surface area contributed by atoms with Gasteiger partial charge in [-0.25, -0.2) is 0 Å². The van der Waals surface area contributed by atoms with E-state index < -0.39 is 0 Å². The van der Waals surface area contributed by atoms with E-state index in [9.17, 15) is 9.59 Å². The first-order valence-electron chi connectivity index (χ1n) is 8.00. The van der Waals surface area contributed by atoms with Crippen molar-refractivity contribution in [3.63, 3.8) is 0 Å². The number of hydrogen-bond donors (Lipinski definition) is 1. The van der Waals surface area contributed by atoms with Crippen LogP contribution in [0.5, 0.6) is 0 Å². The molecule has 0 saturated carbocycles. The SMILES string of the molecule is Cc1ccccc1[C@H]1CCCN1C(=O)CN1CCNCC1=O. The van der Waals surface area contributed by atoms with E-state index in [4.69, 9.17) is 0 Å². The normalized spacial score (nSPS) is 22.2. The number of likely N-dealkylation sites (tertiary alicyclic amines) is 1. The number of carbonyl (C=O) groups is 2. The van der Waals surface area contributed by atoms with Gasteiger partial charge in [-0.3, -0.25) is 9.59 Å². The van der Waals surface area contributed by atoms with Crippen LogP contribution in [0.4, 0.5) is 0 Å². The number of amides is 2. The van der Waals surface area contributed by atoms with Crippen molar-refractivity contribution in [2.45, 2.75) is 25.8 Å². The Morgan fingerprint density at radius 1 is 1.32 bits per heavy atom. The first kappa shape index (κ1) is 15.0. The summed E-state index contributed by atoms with van der Waals surface area (Å²) in [6, 6.07) is 8.42. The van der Waals surface area contributed by atoms with E-state index in [1.807, 2.05) is 17.0 Å². The third kappa shape index (κ3) is 2.99. The molecular formula is C17H23N3O2. The van der Waals surface area contributed by atoms with Gasteiger partial charge in [0.05, 0.1) is 19.1 Å². The molecule has 2 fully saturated rings. The lowest BCUT2D eigenvalue weighted by Crippen LogP contribution is -2.51. The highest BCUT2D eigenvalue weighted by Gasteiger charge is 2.32. The summed E-state index contributed by atoms with van der Waals surface area (Å²) < 4.78 is 0. The minimum atomic E-state index is 0.0197. The number of nitrogens with zero attached hydrogens (tertiary/aromatic N) is 2. The average molecular weight is 301 g/mol. The molecule has 3 rings (SSSR count). The molecule has 1 aromatic carbocycles. The highest BCUT2D eigenvalue weighted by molar-refractivity contribution is 5.86. The van der Waals surface area contributed by atoms with Crippen LogP contribution in [-0.2, 0) is 9.59 Å². The third-order valence-electron chi connectivity index (χ3n) is 4.63. The Kier molecular flexibility index (Phi) is 4.43. The number of benzene rings is 1. The molecule has 0 spiro atoms. The second-order valence-corrected chi connectivity index (χ2v) is 6.09. The molecule has 5 heteroatoms. The fourth-order valence-corrected chi connectivity index (χ4v) is 3.42. The van der Waals surface area contributed by atoms with Crippen LogP contribution >= 0.6 is 0 Å². The topological polar surface area (TPSA) is 52.7 Å². The Bertz CT molecular complexity index is 573. The van der Waals surface area contributed by atoms with Crippen molar-refractivity contribution in [3.05, 3.63) is 35.4 Å². The van der Waals surface area contributed by atoms with Crippen LogP contribution in [0.2, 0.25) is 0 Å². The van der Waals surface area contributed by atoms with Gasteiger partial charge in [0.25, 0.3) is 0 Å². The maximum absolute atomic E-state index is 12.7. The van der Waals surface area contributed by atoms with Crippen LogP contribution in [0.25, 0.3) is 0 Å². The van der Waals surface area contributed by atoms with E-state index in [1.54, 1.807) is 4.90 Å². The molecule has 0 aromatic heterocycles. The van der Waals surface area contributed by atoms with Crippen LogP contribution in [0.15, 0.2) is 24.3 Å². The number of carbonyl (C=O) groups excluding carboxylic acids is 2. The van der Waals surface area contributed by atoms with Crippen molar-refractivity contribution < 1.29 is 9.59 Å². The minimum Gasteiger partial charge on any atom is -0.334 e. The fourth-order valence-electron chi connectivity index (χ4n) is 3.42. The van der Waals surface area contributed by atoms with Gasteiger partial charge in [0.15, 0.2) is 0 Å². The lowest BCUT2D eigenvalue weighted by Gasteiger charge is -2.31. The van der Waals surface area contributed by atoms with Gasteiger partial charge in [-0.2, -0.15) is 0 Å². The standard InChI is InChI=1S/C17H23N3O2/c1-13-5-2-3-6-14(13)15-7-4-9-20(15)17(22)12-19-10-8-18-11-16(19)21/h2-3,5-6,15,18H,4,7-12H2,1H3/t15-/m1/s1. The summed E-state index contributed by atoms with van der Waals surface area (Å²) in [5.74, 6) is 0.0900. The molecule has 118 valence electrons. The molecular weight excluding hydrogens is 278 g/mol. The lowest BCUT2D eigenvalue weighted by atomic mass is 9.99. The van der Waals surface area contributed by atoms with Crippen LogP contribution in [-0.4, -0.2) is 54.3 Å². The first-order valence-corrected chi connectivity index (χ1v) is 8.00. The monoisotopic (exact) mass is 301 g/mol. The lowest BCUT2D eigenvalue weighted by molar-refractivity contribution is -0.141. The number of hydrogen-bond acceptors (Lipinski definition) is 3. The highest BCUT2D eigenvalue weighted by Crippen LogP contribution is 2.33. The molecule has 2 aliphatic heterocycles. The smallest absolute Gasteiger partial charge is 0.242 e. The van der Waals surface area contributed by atoms with Gasteiger partial charge in [0, 0.05) is 19.6 Å². The summed E-state index contributed by atoms with van der Waals surface area (Å²) in [6.07, 6.45) is 2.03. The number of piperazine rings is 1. The molecule has 2 heterocycles. The van der Waals surface area contributed by atoms with Crippen molar-refractivity contribution in [2.75, 3.05) is 32.7 Å². The number of aryl methyl sites for hydroxylation is 1. The van der Waals surface area contributed by atoms with E-state index in [2.05, 4.69) is 24.4 Å². The molecule has 1 atom stereocenters. The third-order valence-corrected chi connectivity index (χ3v) is 4.63. The number of rotatable bonds is 3.